The summed E-state index contributed by atoms with van der Waals surface area (Å²) in [6.07, 6.45) is 2.62. The molecule has 0 saturated carbocycles. The molecule has 7 rings (SSSR count). The number of aromatic nitrogens is 1. The Kier molecular flexibility index (Phi) is 12.1. The Hall–Kier alpha value is -4.04. The van der Waals surface area contributed by atoms with Gasteiger partial charge in [0.1, 0.15) is 28.1 Å². The fourth-order valence-electron chi connectivity index (χ4n) is 6.43. The lowest BCUT2D eigenvalue weighted by atomic mass is 9.86. The largest absolute Gasteiger partial charge is 0.487 e. The summed E-state index contributed by atoms with van der Waals surface area (Å²) in [6.45, 7) is 2.90. The van der Waals surface area contributed by atoms with Gasteiger partial charge in [-0.1, -0.05) is 41.4 Å². The van der Waals surface area contributed by atoms with E-state index in [4.69, 9.17) is 37.4 Å². The number of aromatic amines is 1. The summed E-state index contributed by atoms with van der Waals surface area (Å²) < 4.78 is 63.9. The van der Waals surface area contributed by atoms with Crippen molar-refractivity contribution in [2.75, 3.05) is 24.5 Å². The van der Waals surface area contributed by atoms with Gasteiger partial charge in [0, 0.05) is 28.8 Å². The molecule has 5 heterocycles. The molecule has 0 spiro atoms. The Balaban J connectivity index is 1.25. The third-order valence-electron chi connectivity index (χ3n) is 8.97. The zero-order valence-corrected chi connectivity index (χ0v) is 30.7. The average molecular weight is 780 g/mol. The third-order valence-corrected chi connectivity index (χ3v) is 10.6. The van der Waals surface area contributed by atoms with Gasteiger partial charge in [-0.05, 0) is 81.6 Å². The molecule has 276 valence electrons. The summed E-state index contributed by atoms with van der Waals surface area (Å²) >= 11 is 14.1. The minimum Gasteiger partial charge on any atom is -0.487 e. The lowest BCUT2D eigenvalue weighted by Crippen LogP contribution is -2.53. The first kappa shape index (κ1) is 37.7. The van der Waals surface area contributed by atoms with Crippen LogP contribution < -0.4 is 19.4 Å². The summed E-state index contributed by atoms with van der Waals surface area (Å²) in [5, 5.41) is 2.17. The van der Waals surface area contributed by atoms with Crippen LogP contribution in [0.15, 0.2) is 66.3 Å². The molecule has 9 nitrogen and oxygen atoms in total. The molecule has 2 atom stereocenters. The number of H-pyrrole nitrogens is 1. The van der Waals surface area contributed by atoms with Crippen molar-refractivity contribution in [3.05, 3.63) is 104 Å². The number of halogens is 5. The number of hydrogen-bond acceptors (Lipinski definition) is 8. The smallest absolute Gasteiger partial charge is 0.415 e. The molecule has 4 aromatic rings. The number of esters is 1. The SMILES string of the molecule is CC(C)Oc1cc([C@H](Cc2c(Cl)c[nH+]cc2Cl)OC(=O)c2csc(CN(C(=O)O[C@H]3CN4CCC3CC4)c3ccccc3F)c2)ccc1OC(F)F. The lowest BCUT2D eigenvalue weighted by molar-refractivity contribution is -0.377. The number of carbonyl (C=O) groups excluding carboxylic acids is 2. The van der Waals surface area contributed by atoms with E-state index in [2.05, 4.69) is 14.6 Å². The monoisotopic (exact) mass is 778 g/mol. The summed E-state index contributed by atoms with van der Waals surface area (Å²) in [5.74, 6) is -1.20. The van der Waals surface area contributed by atoms with Gasteiger partial charge in [-0.3, -0.25) is 9.80 Å². The molecular formula is C37H37Cl2F3N3O6S+. The molecule has 0 aliphatic carbocycles. The predicted molar refractivity (Wildman–Crippen MR) is 190 cm³/mol. The molecule has 2 bridgehead atoms. The summed E-state index contributed by atoms with van der Waals surface area (Å²) in [6, 6.07) is 11.8. The van der Waals surface area contributed by atoms with Crippen LogP contribution in [-0.2, 0) is 22.4 Å². The molecule has 1 amide bonds. The number of pyridine rings is 1. The zero-order valence-electron chi connectivity index (χ0n) is 28.3. The number of rotatable bonds is 13. The third kappa shape index (κ3) is 9.11. The molecule has 1 N–H and O–H groups in total. The number of carbonyl (C=O) groups is 2. The number of piperidine rings is 3. The predicted octanol–water partition coefficient (Wildman–Crippen LogP) is 8.77. The van der Waals surface area contributed by atoms with Crippen molar-refractivity contribution in [3.63, 3.8) is 0 Å². The second kappa shape index (κ2) is 16.7. The Morgan fingerprint density at radius 3 is 2.40 bits per heavy atom. The fourth-order valence-corrected chi connectivity index (χ4v) is 7.80. The van der Waals surface area contributed by atoms with E-state index >= 15 is 4.39 Å². The van der Waals surface area contributed by atoms with Crippen LogP contribution in [0.4, 0.5) is 23.7 Å². The fraction of sp³-hybridized carbons (Fsp3) is 0.378. The van der Waals surface area contributed by atoms with Crippen molar-refractivity contribution >= 4 is 52.3 Å². The van der Waals surface area contributed by atoms with Gasteiger partial charge < -0.3 is 18.9 Å². The standard InChI is InChI=1S/C37H36Cl2F3N3O6S/c1-21(2)48-33-14-23(7-8-31(33)50-36(41)42)32(15-26-27(38)16-43-17-28(26)39)49-35(46)24-13-25(52-20-24)18-45(30-6-4-3-5-29(30)40)37(47)51-34-19-44-11-9-22(34)10-12-44/h3-8,13-14,16-17,20-22,32,34,36H,9-12,15,18-19H2,1-2H3/p+1/t32-,34-/m0/s1. The lowest BCUT2D eigenvalue weighted by Gasteiger charge is -2.44. The first-order chi connectivity index (χ1) is 24.9. The van der Waals surface area contributed by atoms with Gasteiger partial charge in [-0.25, -0.2) is 19.0 Å². The van der Waals surface area contributed by atoms with Gasteiger partial charge in [0.25, 0.3) is 0 Å². The number of amides is 1. The second-order valence-corrected chi connectivity index (χ2v) is 14.7. The van der Waals surface area contributed by atoms with Crippen molar-refractivity contribution in [2.45, 2.75) is 64.6 Å². The maximum Gasteiger partial charge on any atom is 0.415 e. The number of thiophene rings is 1. The average Bonchev–Trinajstić information content (AvgIpc) is 3.58. The number of nitrogens with zero attached hydrogens (tertiary/aromatic N) is 2. The minimum atomic E-state index is -3.09. The van der Waals surface area contributed by atoms with E-state index in [9.17, 15) is 18.4 Å². The first-order valence-corrected chi connectivity index (χ1v) is 18.4. The van der Waals surface area contributed by atoms with Crippen LogP contribution in [0.2, 0.25) is 10.0 Å². The van der Waals surface area contributed by atoms with Crippen LogP contribution in [0.3, 0.4) is 0 Å². The van der Waals surface area contributed by atoms with E-state index in [1.165, 1.54) is 65.0 Å². The van der Waals surface area contributed by atoms with E-state index in [1.807, 2.05) is 0 Å². The number of ether oxygens (including phenoxy) is 4. The van der Waals surface area contributed by atoms with Crippen molar-refractivity contribution < 1.29 is 46.7 Å². The van der Waals surface area contributed by atoms with Gasteiger partial charge in [0.2, 0.25) is 0 Å². The van der Waals surface area contributed by atoms with Crippen LogP contribution in [0.1, 0.15) is 59.2 Å². The van der Waals surface area contributed by atoms with E-state index in [-0.39, 0.29) is 53.8 Å². The first-order valence-electron chi connectivity index (χ1n) is 16.8. The molecule has 0 radical (unpaired) electrons. The maximum absolute atomic E-state index is 15.1. The number of benzene rings is 2. The number of para-hydroxylation sites is 1. The van der Waals surface area contributed by atoms with E-state index in [1.54, 1.807) is 31.4 Å². The zero-order chi connectivity index (χ0) is 36.9. The summed E-state index contributed by atoms with van der Waals surface area (Å²) in [5.41, 5.74) is 1.12. The van der Waals surface area contributed by atoms with Crippen LogP contribution >= 0.6 is 34.5 Å². The molecule has 3 aliphatic heterocycles. The van der Waals surface area contributed by atoms with Crippen LogP contribution in [0.25, 0.3) is 0 Å². The highest BCUT2D eigenvalue weighted by atomic mass is 35.5. The van der Waals surface area contributed by atoms with Crippen molar-refractivity contribution in [3.8, 4) is 11.5 Å². The van der Waals surface area contributed by atoms with E-state index < -0.39 is 30.6 Å². The number of alkyl halides is 2. The van der Waals surface area contributed by atoms with Crippen LogP contribution in [0.5, 0.6) is 11.5 Å². The van der Waals surface area contributed by atoms with Gasteiger partial charge in [-0.15, -0.1) is 11.3 Å². The minimum absolute atomic E-state index is 0.0255. The van der Waals surface area contributed by atoms with Crippen molar-refractivity contribution in [1.29, 1.82) is 0 Å². The van der Waals surface area contributed by atoms with Gasteiger partial charge >= 0.3 is 18.7 Å². The summed E-state index contributed by atoms with van der Waals surface area (Å²) in [7, 11) is 0. The molecule has 3 aliphatic rings. The van der Waals surface area contributed by atoms with Crippen LogP contribution in [0, 0.1) is 11.7 Å². The molecule has 3 saturated heterocycles. The molecule has 3 fully saturated rings. The van der Waals surface area contributed by atoms with Crippen molar-refractivity contribution in [2.24, 2.45) is 5.92 Å². The Labute approximate surface area is 313 Å². The normalized spacial score (nSPS) is 18.7. The highest BCUT2D eigenvalue weighted by Gasteiger charge is 2.38. The number of hydrogen-bond donors (Lipinski definition) is 0. The molecule has 52 heavy (non-hydrogen) atoms. The topological polar surface area (TPSA) is 91.7 Å². The molecule has 2 aromatic carbocycles. The van der Waals surface area contributed by atoms with Crippen LogP contribution in [-0.4, -0.2) is 55.4 Å². The molecule has 15 heteroatoms. The molecular weight excluding hydrogens is 742 g/mol. The summed E-state index contributed by atoms with van der Waals surface area (Å²) in [4.78, 5) is 34.3. The van der Waals surface area contributed by atoms with E-state index in [0.29, 0.717) is 32.6 Å². The second-order valence-electron chi connectivity index (χ2n) is 12.9. The van der Waals surface area contributed by atoms with Gasteiger partial charge in [-0.2, -0.15) is 8.78 Å². The number of fused-ring (bicyclic) bond motifs is 3. The number of anilines is 1. The Bertz CT molecular complexity index is 1870. The Morgan fingerprint density at radius 1 is 1.02 bits per heavy atom. The van der Waals surface area contributed by atoms with Gasteiger partial charge in [0.05, 0.1) is 23.9 Å². The van der Waals surface area contributed by atoms with Crippen molar-refractivity contribution in [1.82, 2.24) is 4.90 Å². The maximum atomic E-state index is 15.1. The highest BCUT2D eigenvalue weighted by molar-refractivity contribution is 7.10. The molecule has 0 unspecified atom stereocenters. The van der Waals surface area contributed by atoms with Gasteiger partial charge in [0.15, 0.2) is 23.9 Å². The molecule has 2 aromatic heterocycles. The number of nitrogens with one attached hydrogen (secondary N) is 1. The quantitative estimate of drug-likeness (QED) is 0.125. The Morgan fingerprint density at radius 2 is 1.75 bits per heavy atom. The highest BCUT2D eigenvalue weighted by Crippen LogP contribution is 2.37. The van der Waals surface area contributed by atoms with E-state index in [0.717, 1.165) is 25.9 Å².